The summed E-state index contributed by atoms with van der Waals surface area (Å²) < 4.78 is 9.19. The van der Waals surface area contributed by atoms with E-state index < -0.39 is 11.0 Å². The van der Waals surface area contributed by atoms with Gasteiger partial charge in [0, 0.05) is 6.61 Å². The Hall–Kier alpha value is -0.0900. The van der Waals surface area contributed by atoms with Gasteiger partial charge in [-0.1, -0.05) is 0 Å². The monoisotopic (exact) mass is 196 g/mol. The van der Waals surface area contributed by atoms with Crippen molar-refractivity contribution in [3.8, 4) is 0 Å². The van der Waals surface area contributed by atoms with Gasteiger partial charge in [-0.15, -0.1) is 0 Å². The minimum absolute atomic E-state index is 0.406. The summed E-state index contributed by atoms with van der Waals surface area (Å²) in [4.78, 5) is 10.5. The predicted octanol–water partition coefficient (Wildman–Crippen LogP) is 0.917. The van der Waals surface area contributed by atoms with Gasteiger partial charge in [0.1, 0.15) is 0 Å². The molecule has 0 aliphatic heterocycles. The number of alkyl halides is 1. The zero-order chi connectivity index (χ0) is 7.28. The maximum Gasteiger partial charge on any atom is 0.346 e. The quantitative estimate of drug-likeness (QED) is 0.498. The second kappa shape index (κ2) is 4.76. The first-order valence-corrected chi connectivity index (χ1v) is 3.47. The number of ether oxygens (including phenoxy) is 2. The Balaban J connectivity index is 3.45. The fraction of sp³-hybridized carbons (Fsp3) is 0.800. The summed E-state index contributed by atoms with van der Waals surface area (Å²) >= 11 is 2.97. The van der Waals surface area contributed by atoms with Crippen molar-refractivity contribution in [2.24, 2.45) is 0 Å². The van der Waals surface area contributed by atoms with E-state index in [4.69, 9.17) is 4.74 Å². The number of carbonyl (C=O) groups is 1. The molecule has 3 nitrogen and oxygen atoms in total. The van der Waals surface area contributed by atoms with Crippen LogP contribution in [0.15, 0.2) is 0 Å². The average Bonchev–Trinajstić information content (AvgIpc) is 1.87. The molecule has 0 fully saturated rings. The summed E-state index contributed by atoms with van der Waals surface area (Å²) in [6.07, 6.45) is 0. The van der Waals surface area contributed by atoms with Crippen molar-refractivity contribution in [3.05, 3.63) is 0 Å². The fourth-order valence-electron chi connectivity index (χ4n) is 0.307. The number of esters is 1. The third-order valence-electron chi connectivity index (χ3n) is 0.699. The number of carbonyl (C=O) groups excluding carboxylic acids is 1. The Morgan fingerprint density at radius 2 is 2.33 bits per heavy atom. The first-order chi connectivity index (χ1) is 4.22. The van der Waals surface area contributed by atoms with Gasteiger partial charge in [0.2, 0.25) is 5.01 Å². The van der Waals surface area contributed by atoms with Gasteiger partial charge in [0.25, 0.3) is 0 Å². The molecule has 0 saturated heterocycles. The van der Waals surface area contributed by atoms with Gasteiger partial charge in [-0.2, -0.15) is 0 Å². The van der Waals surface area contributed by atoms with Crippen molar-refractivity contribution < 1.29 is 14.3 Å². The first kappa shape index (κ1) is 8.91. The second-order valence-electron chi connectivity index (χ2n) is 1.29. The zero-order valence-electron chi connectivity index (χ0n) is 5.39. The van der Waals surface area contributed by atoms with E-state index in [1.165, 1.54) is 7.11 Å². The van der Waals surface area contributed by atoms with Crippen LogP contribution in [0, 0.1) is 0 Å². The standard InChI is InChI=1S/C5H9BrO3/c1-3-9-4(6)5(7)8-2/h4H,3H2,1-2H3. The molecule has 0 radical (unpaired) electrons. The lowest BCUT2D eigenvalue weighted by Crippen LogP contribution is -2.18. The van der Waals surface area contributed by atoms with E-state index in [2.05, 4.69) is 20.7 Å². The molecule has 0 saturated carbocycles. The van der Waals surface area contributed by atoms with Crippen LogP contribution in [0.3, 0.4) is 0 Å². The molecule has 0 rings (SSSR count). The van der Waals surface area contributed by atoms with E-state index in [-0.39, 0.29) is 0 Å². The first-order valence-electron chi connectivity index (χ1n) is 2.55. The maximum atomic E-state index is 10.5. The maximum absolute atomic E-state index is 10.5. The largest absolute Gasteiger partial charge is 0.466 e. The number of hydrogen-bond donors (Lipinski definition) is 0. The van der Waals surface area contributed by atoms with E-state index in [0.717, 1.165) is 0 Å². The van der Waals surface area contributed by atoms with Gasteiger partial charge in [-0.05, 0) is 22.9 Å². The van der Waals surface area contributed by atoms with E-state index >= 15 is 0 Å². The number of rotatable bonds is 3. The molecule has 0 spiro atoms. The van der Waals surface area contributed by atoms with Crippen molar-refractivity contribution in [1.29, 1.82) is 0 Å². The molecule has 0 bridgehead atoms. The van der Waals surface area contributed by atoms with Crippen LogP contribution in [0.5, 0.6) is 0 Å². The minimum atomic E-state index is -0.618. The Bertz CT molecular complexity index is 94.2. The molecule has 0 heterocycles. The topological polar surface area (TPSA) is 35.5 Å². The van der Waals surface area contributed by atoms with Gasteiger partial charge >= 0.3 is 5.97 Å². The number of hydrogen-bond acceptors (Lipinski definition) is 3. The van der Waals surface area contributed by atoms with Gasteiger partial charge in [0.05, 0.1) is 7.11 Å². The predicted molar refractivity (Wildman–Crippen MR) is 36.4 cm³/mol. The highest BCUT2D eigenvalue weighted by Gasteiger charge is 2.13. The van der Waals surface area contributed by atoms with Crippen LogP contribution in [0.4, 0.5) is 0 Å². The molecule has 0 aromatic carbocycles. The smallest absolute Gasteiger partial charge is 0.346 e. The summed E-state index contributed by atoms with van der Waals surface area (Å²) in [5.41, 5.74) is 0. The lowest BCUT2D eigenvalue weighted by Gasteiger charge is -2.05. The molecule has 9 heavy (non-hydrogen) atoms. The van der Waals surface area contributed by atoms with E-state index in [1.54, 1.807) is 6.92 Å². The van der Waals surface area contributed by atoms with Gasteiger partial charge < -0.3 is 9.47 Å². The molecule has 0 amide bonds. The van der Waals surface area contributed by atoms with Crippen molar-refractivity contribution in [2.45, 2.75) is 11.9 Å². The Labute approximate surface area is 62.5 Å². The third kappa shape index (κ3) is 3.48. The van der Waals surface area contributed by atoms with Crippen molar-refractivity contribution in [2.75, 3.05) is 13.7 Å². The summed E-state index contributed by atoms with van der Waals surface area (Å²) in [6.45, 7) is 2.29. The lowest BCUT2D eigenvalue weighted by atomic mass is 10.7. The van der Waals surface area contributed by atoms with Gasteiger partial charge in [-0.25, -0.2) is 4.79 Å². The number of halogens is 1. The van der Waals surface area contributed by atoms with Crippen molar-refractivity contribution >= 4 is 21.9 Å². The minimum Gasteiger partial charge on any atom is -0.466 e. The molecular formula is C5H9BrO3. The number of methoxy groups -OCH3 is 1. The summed E-state index contributed by atoms with van der Waals surface area (Å²) in [6, 6.07) is 0. The van der Waals surface area contributed by atoms with Gasteiger partial charge in [-0.3, -0.25) is 0 Å². The summed E-state index contributed by atoms with van der Waals surface area (Å²) in [5, 5.41) is -0.618. The lowest BCUT2D eigenvalue weighted by molar-refractivity contribution is -0.147. The van der Waals surface area contributed by atoms with E-state index in [9.17, 15) is 4.79 Å². The van der Waals surface area contributed by atoms with Crippen LogP contribution >= 0.6 is 15.9 Å². The molecule has 1 unspecified atom stereocenters. The highest BCUT2D eigenvalue weighted by atomic mass is 79.9. The van der Waals surface area contributed by atoms with Crippen molar-refractivity contribution in [3.63, 3.8) is 0 Å². The summed E-state index contributed by atoms with van der Waals surface area (Å²) in [7, 11) is 1.32. The van der Waals surface area contributed by atoms with Crippen LogP contribution in [0.25, 0.3) is 0 Å². The SMILES string of the molecule is CCOC(Br)C(=O)OC. The fourth-order valence-corrected chi connectivity index (χ4v) is 0.758. The Kier molecular flexibility index (Phi) is 4.71. The molecule has 4 heteroatoms. The highest BCUT2D eigenvalue weighted by molar-refractivity contribution is 9.09. The Morgan fingerprint density at radius 3 is 2.67 bits per heavy atom. The second-order valence-corrected chi connectivity index (χ2v) is 2.13. The van der Waals surface area contributed by atoms with Crippen LogP contribution in [0.1, 0.15) is 6.92 Å². The molecular weight excluding hydrogens is 188 g/mol. The van der Waals surface area contributed by atoms with Crippen LogP contribution in [-0.4, -0.2) is 24.7 Å². The summed E-state index contributed by atoms with van der Waals surface area (Å²) in [5.74, 6) is -0.406. The average molecular weight is 197 g/mol. The van der Waals surface area contributed by atoms with Gasteiger partial charge in [0.15, 0.2) is 0 Å². The van der Waals surface area contributed by atoms with Crippen LogP contribution in [0.2, 0.25) is 0 Å². The van der Waals surface area contributed by atoms with E-state index in [1.807, 2.05) is 0 Å². The normalized spacial score (nSPS) is 12.8. The molecule has 54 valence electrons. The molecule has 0 aromatic rings. The highest BCUT2D eigenvalue weighted by Crippen LogP contribution is 2.02. The molecule has 0 N–H and O–H groups in total. The van der Waals surface area contributed by atoms with E-state index in [0.29, 0.717) is 6.61 Å². The van der Waals surface area contributed by atoms with Crippen LogP contribution in [-0.2, 0) is 14.3 Å². The zero-order valence-corrected chi connectivity index (χ0v) is 6.97. The van der Waals surface area contributed by atoms with Crippen LogP contribution < -0.4 is 0 Å². The molecule has 0 aromatic heterocycles. The molecule has 0 aliphatic carbocycles. The third-order valence-corrected chi connectivity index (χ3v) is 1.34. The molecule has 1 atom stereocenters. The molecule has 0 aliphatic rings. The van der Waals surface area contributed by atoms with Crippen molar-refractivity contribution in [1.82, 2.24) is 0 Å². The Morgan fingerprint density at radius 1 is 1.78 bits per heavy atom.